The number of benzene rings is 2. The van der Waals surface area contributed by atoms with E-state index in [-0.39, 0.29) is 11.9 Å². The van der Waals surface area contributed by atoms with Gasteiger partial charge in [0.05, 0.1) is 6.04 Å². The first-order valence-electron chi connectivity index (χ1n) is 5.65. The summed E-state index contributed by atoms with van der Waals surface area (Å²) in [5, 5.41) is 0. The number of hydrogen-bond donors (Lipinski definition) is 2. The van der Waals surface area contributed by atoms with Gasteiger partial charge in [0, 0.05) is 4.47 Å². The fourth-order valence-electron chi connectivity index (χ4n) is 1.90. The number of halogens is 2. The molecule has 0 spiro atoms. The van der Waals surface area contributed by atoms with Crippen LogP contribution in [0.2, 0.25) is 0 Å². The molecule has 0 amide bonds. The van der Waals surface area contributed by atoms with Crippen LogP contribution in [0.15, 0.2) is 53.0 Å². The van der Waals surface area contributed by atoms with Gasteiger partial charge in [-0.25, -0.2) is 4.39 Å². The van der Waals surface area contributed by atoms with Crippen molar-refractivity contribution < 1.29 is 4.39 Å². The summed E-state index contributed by atoms with van der Waals surface area (Å²) in [5.74, 6) is 5.36. The van der Waals surface area contributed by atoms with E-state index in [1.165, 1.54) is 12.1 Å². The topological polar surface area (TPSA) is 38.0 Å². The van der Waals surface area contributed by atoms with Crippen LogP contribution in [0.3, 0.4) is 0 Å². The summed E-state index contributed by atoms with van der Waals surface area (Å²) in [7, 11) is 0. The van der Waals surface area contributed by atoms with Crippen molar-refractivity contribution in [3.8, 4) is 0 Å². The fraction of sp³-hybridized carbons (Fsp3) is 0.143. The standard InChI is InChI=1S/C14H14BrFN2/c15-12-5-2-4-11(9-12)14(18-17)8-10-3-1-6-13(16)7-10/h1-7,9,14,18H,8,17H2. The van der Waals surface area contributed by atoms with Crippen molar-refractivity contribution in [1.82, 2.24) is 5.43 Å². The van der Waals surface area contributed by atoms with Gasteiger partial charge in [-0.1, -0.05) is 40.2 Å². The van der Waals surface area contributed by atoms with Crippen molar-refractivity contribution in [3.05, 3.63) is 69.9 Å². The minimum absolute atomic E-state index is 0.0377. The average molecular weight is 309 g/mol. The Hall–Kier alpha value is -1.23. The molecule has 2 aromatic rings. The molecule has 0 aromatic heterocycles. The second-order valence-corrected chi connectivity index (χ2v) is 5.02. The molecule has 0 fully saturated rings. The van der Waals surface area contributed by atoms with Crippen LogP contribution in [-0.2, 0) is 6.42 Å². The molecule has 2 aromatic carbocycles. The van der Waals surface area contributed by atoms with Crippen LogP contribution < -0.4 is 11.3 Å². The molecule has 0 aliphatic rings. The Balaban J connectivity index is 2.19. The molecule has 1 unspecified atom stereocenters. The summed E-state index contributed by atoms with van der Waals surface area (Å²) in [6, 6.07) is 14.4. The van der Waals surface area contributed by atoms with Crippen LogP contribution in [0.1, 0.15) is 17.2 Å². The zero-order valence-corrected chi connectivity index (χ0v) is 11.3. The lowest BCUT2D eigenvalue weighted by Gasteiger charge is -2.16. The van der Waals surface area contributed by atoms with Crippen LogP contribution in [-0.4, -0.2) is 0 Å². The predicted octanol–water partition coefficient (Wildman–Crippen LogP) is 3.34. The van der Waals surface area contributed by atoms with Gasteiger partial charge in [0.1, 0.15) is 5.82 Å². The molecule has 0 radical (unpaired) electrons. The largest absolute Gasteiger partial charge is 0.271 e. The molecule has 0 saturated carbocycles. The van der Waals surface area contributed by atoms with E-state index in [9.17, 15) is 4.39 Å². The molecule has 0 aliphatic carbocycles. The minimum atomic E-state index is -0.225. The van der Waals surface area contributed by atoms with Gasteiger partial charge in [0.25, 0.3) is 0 Å². The van der Waals surface area contributed by atoms with Crippen molar-refractivity contribution in [2.75, 3.05) is 0 Å². The van der Waals surface area contributed by atoms with Gasteiger partial charge < -0.3 is 0 Å². The average Bonchev–Trinajstić information content (AvgIpc) is 2.36. The van der Waals surface area contributed by atoms with E-state index < -0.39 is 0 Å². The van der Waals surface area contributed by atoms with Gasteiger partial charge in [0.15, 0.2) is 0 Å². The van der Waals surface area contributed by atoms with E-state index in [4.69, 9.17) is 5.84 Å². The van der Waals surface area contributed by atoms with E-state index in [1.54, 1.807) is 6.07 Å². The van der Waals surface area contributed by atoms with Crippen molar-refractivity contribution in [2.24, 2.45) is 5.84 Å². The maximum atomic E-state index is 13.1. The van der Waals surface area contributed by atoms with Gasteiger partial charge in [-0.15, -0.1) is 0 Å². The SMILES string of the molecule is NNC(Cc1cccc(F)c1)c1cccc(Br)c1. The van der Waals surface area contributed by atoms with E-state index in [0.29, 0.717) is 6.42 Å². The van der Waals surface area contributed by atoms with Gasteiger partial charge in [-0.3, -0.25) is 11.3 Å². The second-order valence-electron chi connectivity index (χ2n) is 4.11. The van der Waals surface area contributed by atoms with Crippen molar-refractivity contribution in [2.45, 2.75) is 12.5 Å². The van der Waals surface area contributed by atoms with Crippen LogP contribution in [0, 0.1) is 5.82 Å². The summed E-state index contributed by atoms with van der Waals surface area (Å²) in [4.78, 5) is 0. The molecule has 0 saturated heterocycles. The molecule has 0 bridgehead atoms. The maximum Gasteiger partial charge on any atom is 0.123 e. The Morgan fingerprint density at radius 2 is 1.94 bits per heavy atom. The summed E-state index contributed by atoms with van der Waals surface area (Å²) >= 11 is 3.43. The van der Waals surface area contributed by atoms with Crippen LogP contribution in [0.25, 0.3) is 0 Å². The molecule has 18 heavy (non-hydrogen) atoms. The number of hydrazine groups is 1. The first-order chi connectivity index (χ1) is 8.69. The highest BCUT2D eigenvalue weighted by atomic mass is 79.9. The molecule has 94 valence electrons. The summed E-state index contributed by atoms with van der Waals surface area (Å²) < 4.78 is 14.1. The zero-order chi connectivity index (χ0) is 13.0. The molecule has 0 aliphatic heterocycles. The minimum Gasteiger partial charge on any atom is -0.271 e. The second kappa shape index (κ2) is 6.09. The van der Waals surface area contributed by atoms with E-state index in [0.717, 1.165) is 15.6 Å². The predicted molar refractivity (Wildman–Crippen MR) is 74.3 cm³/mol. The van der Waals surface area contributed by atoms with Crippen LogP contribution in [0.4, 0.5) is 4.39 Å². The Morgan fingerprint density at radius 3 is 2.61 bits per heavy atom. The van der Waals surface area contributed by atoms with Crippen LogP contribution >= 0.6 is 15.9 Å². The molecular formula is C14H14BrFN2. The lowest BCUT2D eigenvalue weighted by atomic mass is 9.99. The van der Waals surface area contributed by atoms with Crippen molar-refractivity contribution in [3.63, 3.8) is 0 Å². The molecule has 0 heterocycles. The molecule has 2 rings (SSSR count). The normalized spacial score (nSPS) is 12.4. The van der Waals surface area contributed by atoms with Gasteiger partial charge in [0.2, 0.25) is 0 Å². The van der Waals surface area contributed by atoms with E-state index >= 15 is 0 Å². The first kappa shape index (κ1) is 13.2. The highest BCUT2D eigenvalue weighted by Crippen LogP contribution is 2.21. The Labute approximate surface area is 114 Å². The van der Waals surface area contributed by atoms with Crippen LogP contribution in [0.5, 0.6) is 0 Å². The Morgan fingerprint density at radius 1 is 1.17 bits per heavy atom. The third-order valence-electron chi connectivity index (χ3n) is 2.78. The lowest BCUT2D eigenvalue weighted by Crippen LogP contribution is -2.29. The van der Waals surface area contributed by atoms with E-state index in [2.05, 4.69) is 21.4 Å². The highest BCUT2D eigenvalue weighted by molar-refractivity contribution is 9.10. The number of nitrogens with two attached hydrogens (primary N) is 1. The Bertz CT molecular complexity index is 531. The third-order valence-corrected chi connectivity index (χ3v) is 3.27. The molecule has 3 N–H and O–H groups in total. The molecular weight excluding hydrogens is 295 g/mol. The first-order valence-corrected chi connectivity index (χ1v) is 6.44. The van der Waals surface area contributed by atoms with E-state index in [1.807, 2.05) is 30.3 Å². The summed E-state index contributed by atoms with van der Waals surface area (Å²) in [5.41, 5.74) is 4.75. The van der Waals surface area contributed by atoms with Crippen molar-refractivity contribution in [1.29, 1.82) is 0 Å². The molecule has 4 heteroatoms. The highest BCUT2D eigenvalue weighted by Gasteiger charge is 2.11. The fourth-order valence-corrected chi connectivity index (χ4v) is 2.31. The lowest BCUT2D eigenvalue weighted by molar-refractivity contribution is 0.548. The Kier molecular flexibility index (Phi) is 4.47. The van der Waals surface area contributed by atoms with Crippen molar-refractivity contribution >= 4 is 15.9 Å². The zero-order valence-electron chi connectivity index (χ0n) is 9.74. The smallest absolute Gasteiger partial charge is 0.123 e. The maximum absolute atomic E-state index is 13.1. The monoisotopic (exact) mass is 308 g/mol. The number of hydrogen-bond acceptors (Lipinski definition) is 2. The molecule has 2 nitrogen and oxygen atoms in total. The van der Waals surface area contributed by atoms with Gasteiger partial charge >= 0.3 is 0 Å². The van der Waals surface area contributed by atoms with Gasteiger partial charge in [-0.05, 0) is 41.8 Å². The number of nitrogens with one attached hydrogen (secondary N) is 1. The number of rotatable bonds is 4. The quantitative estimate of drug-likeness (QED) is 0.671. The summed E-state index contributed by atoms with van der Waals surface area (Å²) in [6.45, 7) is 0. The third kappa shape index (κ3) is 3.38. The molecule has 1 atom stereocenters. The van der Waals surface area contributed by atoms with Gasteiger partial charge in [-0.2, -0.15) is 0 Å². The summed E-state index contributed by atoms with van der Waals surface area (Å²) in [6.07, 6.45) is 0.644.